The van der Waals surface area contributed by atoms with E-state index in [0.717, 1.165) is 19.5 Å². The molecule has 4 nitrogen and oxygen atoms in total. The van der Waals surface area contributed by atoms with Crippen LogP contribution in [-0.4, -0.2) is 43.7 Å². The molecule has 20 heavy (non-hydrogen) atoms. The normalized spacial score (nSPS) is 23.9. The highest BCUT2D eigenvalue weighted by atomic mass is 19.1. The predicted octanol–water partition coefficient (Wildman–Crippen LogP) is 2.27. The standard InChI is InChI=1S/C15H21FN2O2/c1-18-9-4-7-15(8-10-18,14(19)20-2)17-13-6-3-5-12(16)11-13/h3,5-6,11,17H,4,7-10H2,1-2H3. The number of methoxy groups -OCH3 is 1. The van der Waals surface area contributed by atoms with Gasteiger partial charge in [0.1, 0.15) is 11.4 Å². The van der Waals surface area contributed by atoms with Crippen molar-refractivity contribution in [2.24, 2.45) is 0 Å². The Labute approximate surface area is 118 Å². The molecule has 0 spiro atoms. The number of benzene rings is 1. The topological polar surface area (TPSA) is 41.6 Å². The number of halogens is 1. The maximum atomic E-state index is 13.3. The lowest BCUT2D eigenvalue weighted by Gasteiger charge is -2.32. The van der Waals surface area contributed by atoms with E-state index in [1.165, 1.54) is 19.2 Å². The average molecular weight is 280 g/mol. The van der Waals surface area contributed by atoms with Crippen LogP contribution in [0.25, 0.3) is 0 Å². The zero-order valence-electron chi connectivity index (χ0n) is 12.0. The highest BCUT2D eigenvalue weighted by molar-refractivity contribution is 5.84. The Hall–Kier alpha value is -1.62. The first-order valence-electron chi connectivity index (χ1n) is 6.86. The van der Waals surface area contributed by atoms with Crippen molar-refractivity contribution in [3.63, 3.8) is 0 Å². The summed E-state index contributed by atoms with van der Waals surface area (Å²) in [4.78, 5) is 14.4. The maximum absolute atomic E-state index is 13.3. The van der Waals surface area contributed by atoms with Gasteiger partial charge in [-0.3, -0.25) is 0 Å². The van der Waals surface area contributed by atoms with E-state index in [4.69, 9.17) is 4.74 Å². The average Bonchev–Trinajstić information content (AvgIpc) is 2.61. The van der Waals surface area contributed by atoms with Gasteiger partial charge in [-0.05, 0) is 51.1 Å². The van der Waals surface area contributed by atoms with Gasteiger partial charge < -0.3 is 15.0 Å². The Bertz CT molecular complexity index is 481. The number of carbonyl (C=O) groups excluding carboxylic acids is 1. The maximum Gasteiger partial charge on any atom is 0.331 e. The van der Waals surface area contributed by atoms with Gasteiger partial charge in [-0.2, -0.15) is 0 Å². The summed E-state index contributed by atoms with van der Waals surface area (Å²) in [6.07, 6.45) is 2.22. The van der Waals surface area contributed by atoms with Crippen LogP contribution in [0.3, 0.4) is 0 Å². The smallest absolute Gasteiger partial charge is 0.331 e. The van der Waals surface area contributed by atoms with Crippen molar-refractivity contribution in [1.29, 1.82) is 0 Å². The number of carbonyl (C=O) groups is 1. The fraction of sp³-hybridized carbons (Fsp3) is 0.533. The quantitative estimate of drug-likeness (QED) is 0.862. The summed E-state index contributed by atoms with van der Waals surface area (Å²) in [5, 5.41) is 3.21. The summed E-state index contributed by atoms with van der Waals surface area (Å²) in [6.45, 7) is 1.75. The fourth-order valence-electron chi connectivity index (χ4n) is 2.69. The number of likely N-dealkylation sites (tertiary alicyclic amines) is 1. The summed E-state index contributed by atoms with van der Waals surface area (Å²) < 4.78 is 18.3. The SMILES string of the molecule is COC(=O)C1(Nc2cccc(F)c2)CCCN(C)CC1. The Balaban J connectivity index is 2.25. The first kappa shape index (κ1) is 14.8. The molecule has 110 valence electrons. The molecule has 1 aromatic rings. The first-order chi connectivity index (χ1) is 9.55. The van der Waals surface area contributed by atoms with Crippen molar-refractivity contribution in [2.75, 3.05) is 32.6 Å². The summed E-state index contributed by atoms with van der Waals surface area (Å²) in [5.41, 5.74) is -0.159. The van der Waals surface area contributed by atoms with Gasteiger partial charge in [0.25, 0.3) is 0 Å². The number of anilines is 1. The van der Waals surface area contributed by atoms with Crippen LogP contribution in [0.15, 0.2) is 24.3 Å². The fourth-order valence-corrected chi connectivity index (χ4v) is 2.69. The van der Waals surface area contributed by atoms with E-state index in [1.807, 2.05) is 7.05 Å². The molecular formula is C15H21FN2O2. The molecule has 1 saturated heterocycles. The van der Waals surface area contributed by atoms with E-state index < -0.39 is 5.54 Å². The summed E-state index contributed by atoms with van der Waals surface area (Å²) in [6, 6.07) is 6.18. The number of hydrogen-bond acceptors (Lipinski definition) is 4. The minimum absolute atomic E-state index is 0.280. The van der Waals surface area contributed by atoms with Crippen LogP contribution in [0.4, 0.5) is 10.1 Å². The molecule has 0 aromatic heterocycles. The minimum Gasteiger partial charge on any atom is -0.467 e. The number of nitrogens with one attached hydrogen (secondary N) is 1. The predicted molar refractivity (Wildman–Crippen MR) is 76.1 cm³/mol. The van der Waals surface area contributed by atoms with Gasteiger partial charge in [0.15, 0.2) is 0 Å². The van der Waals surface area contributed by atoms with Crippen LogP contribution < -0.4 is 5.32 Å². The highest BCUT2D eigenvalue weighted by Gasteiger charge is 2.40. The van der Waals surface area contributed by atoms with E-state index in [2.05, 4.69) is 10.2 Å². The molecule has 1 heterocycles. The zero-order chi connectivity index (χ0) is 14.6. The molecule has 1 aromatic carbocycles. The second kappa shape index (κ2) is 6.22. The van der Waals surface area contributed by atoms with Crippen molar-refractivity contribution in [3.05, 3.63) is 30.1 Å². The first-order valence-corrected chi connectivity index (χ1v) is 6.86. The van der Waals surface area contributed by atoms with Crippen molar-refractivity contribution in [3.8, 4) is 0 Å². The van der Waals surface area contributed by atoms with Gasteiger partial charge in [-0.15, -0.1) is 0 Å². The molecule has 1 aliphatic rings. The van der Waals surface area contributed by atoms with Crippen LogP contribution >= 0.6 is 0 Å². The van der Waals surface area contributed by atoms with Crippen LogP contribution in [0, 0.1) is 5.82 Å². The molecule has 0 radical (unpaired) electrons. The summed E-state index contributed by atoms with van der Waals surface area (Å²) in [5.74, 6) is -0.599. The second-order valence-corrected chi connectivity index (χ2v) is 5.37. The third-order valence-electron chi connectivity index (χ3n) is 3.85. The van der Waals surface area contributed by atoms with Gasteiger partial charge in [-0.25, -0.2) is 9.18 Å². The third kappa shape index (κ3) is 3.28. The lowest BCUT2D eigenvalue weighted by Crippen LogP contribution is -2.47. The lowest BCUT2D eigenvalue weighted by atomic mass is 9.90. The Kier molecular flexibility index (Phi) is 4.60. The largest absolute Gasteiger partial charge is 0.467 e. The molecule has 2 rings (SSSR count). The van der Waals surface area contributed by atoms with Crippen molar-refractivity contribution >= 4 is 11.7 Å². The van der Waals surface area contributed by atoms with E-state index >= 15 is 0 Å². The molecule has 0 aliphatic carbocycles. The van der Waals surface area contributed by atoms with Crippen LogP contribution in [0.1, 0.15) is 19.3 Å². The number of rotatable bonds is 3. The Morgan fingerprint density at radius 2 is 2.20 bits per heavy atom. The zero-order valence-corrected chi connectivity index (χ0v) is 12.0. The van der Waals surface area contributed by atoms with Crippen molar-refractivity contribution in [2.45, 2.75) is 24.8 Å². The number of hydrogen-bond donors (Lipinski definition) is 1. The molecule has 0 amide bonds. The summed E-state index contributed by atoms with van der Waals surface area (Å²) >= 11 is 0. The Morgan fingerprint density at radius 1 is 1.40 bits per heavy atom. The van der Waals surface area contributed by atoms with Crippen molar-refractivity contribution in [1.82, 2.24) is 4.90 Å². The Morgan fingerprint density at radius 3 is 2.90 bits per heavy atom. The molecule has 0 saturated carbocycles. The van der Waals surface area contributed by atoms with E-state index in [9.17, 15) is 9.18 Å². The van der Waals surface area contributed by atoms with Gasteiger partial charge in [0, 0.05) is 12.2 Å². The van der Waals surface area contributed by atoms with Crippen LogP contribution in [0.5, 0.6) is 0 Å². The molecule has 1 unspecified atom stereocenters. The van der Waals surface area contributed by atoms with Crippen LogP contribution in [-0.2, 0) is 9.53 Å². The number of esters is 1. The molecule has 1 fully saturated rings. The molecule has 0 bridgehead atoms. The number of ether oxygens (including phenoxy) is 1. The molecule has 1 atom stereocenters. The van der Waals surface area contributed by atoms with E-state index in [1.54, 1.807) is 12.1 Å². The van der Waals surface area contributed by atoms with Gasteiger partial charge in [-0.1, -0.05) is 6.07 Å². The van der Waals surface area contributed by atoms with Crippen LogP contribution in [0.2, 0.25) is 0 Å². The summed E-state index contributed by atoms with van der Waals surface area (Å²) in [7, 11) is 3.43. The third-order valence-corrected chi connectivity index (χ3v) is 3.85. The highest BCUT2D eigenvalue weighted by Crippen LogP contribution is 2.28. The van der Waals surface area contributed by atoms with Gasteiger partial charge in [0.2, 0.25) is 0 Å². The van der Waals surface area contributed by atoms with E-state index in [0.29, 0.717) is 18.5 Å². The second-order valence-electron chi connectivity index (χ2n) is 5.37. The lowest BCUT2D eigenvalue weighted by molar-refractivity contribution is -0.146. The number of nitrogens with zero attached hydrogens (tertiary/aromatic N) is 1. The molecule has 1 aliphatic heterocycles. The molecule has 5 heteroatoms. The van der Waals surface area contributed by atoms with E-state index in [-0.39, 0.29) is 11.8 Å². The van der Waals surface area contributed by atoms with Gasteiger partial charge >= 0.3 is 5.97 Å². The van der Waals surface area contributed by atoms with Crippen molar-refractivity contribution < 1.29 is 13.9 Å². The minimum atomic E-state index is -0.771. The van der Waals surface area contributed by atoms with Gasteiger partial charge in [0.05, 0.1) is 7.11 Å². The molecule has 1 N–H and O–H groups in total. The monoisotopic (exact) mass is 280 g/mol. The molecular weight excluding hydrogens is 259 g/mol.